The topological polar surface area (TPSA) is 84.3 Å². The number of rotatable bonds is 4. The zero-order chi connectivity index (χ0) is 25.4. The minimum Gasteiger partial charge on any atom is -0.326 e. The molecule has 1 saturated heterocycles. The summed E-state index contributed by atoms with van der Waals surface area (Å²) in [7, 11) is 0. The van der Waals surface area contributed by atoms with Crippen molar-refractivity contribution in [3.8, 4) is 5.69 Å². The molecule has 2 saturated carbocycles. The SMILES string of the molecule is O=C(NC1=C2CCC3CC(C1)CC23)c1cn(-c2ccc(F)cc2F)c2nc(N3CCC3=O)ccc2c1=O. The molecule has 2 aromatic heterocycles. The number of allylic oxidation sites excluding steroid dienone is 2. The fourth-order valence-corrected chi connectivity index (χ4v) is 6.73. The fourth-order valence-electron chi connectivity index (χ4n) is 6.73. The third-order valence-electron chi connectivity index (χ3n) is 8.55. The van der Waals surface area contributed by atoms with Crippen LogP contribution in [0.2, 0.25) is 0 Å². The Morgan fingerprint density at radius 3 is 2.70 bits per heavy atom. The van der Waals surface area contributed by atoms with Gasteiger partial charge >= 0.3 is 0 Å². The molecule has 3 fully saturated rings. The van der Waals surface area contributed by atoms with E-state index in [1.807, 2.05) is 0 Å². The number of aromatic nitrogens is 2. The molecule has 7 nitrogen and oxygen atoms in total. The number of fused-ring (bicyclic) bond motifs is 2. The number of amides is 2. The summed E-state index contributed by atoms with van der Waals surface area (Å²) in [6, 6.07) is 6.14. The molecule has 3 heterocycles. The molecule has 3 aliphatic carbocycles. The molecule has 9 heteroatoms. The Labute approximate surface area is 210 Å². The highest BCUT2D eigenvalue weighted by molar-refractivity contribution is 6.00. The van der Waals surface area contributed by atoms with Crippen molar-refractivity contribution in [2.75, 3.05) is 11.4 Å². The van der Waals surface area contributed by atoms with Gasteiger partial charge in [0.1, 0.15) is 23.0 Å². The number of carbonyl (C=O) groups excluding carboxylic acids is 2. The molecule has 3 atom stereocenters. The maximum absolute atomic E-state index is 14.9. The number of carbonyl (C=O) groups is 2. The van der Waals surface area contributed by atoms with E-state index in [0.29, 0.717) is 36.5 Å². The highest BCUT2D eigenvalue weighted by Gasteiger charge is 2.45. The number of nitrogens with zero attached hydrogens (tertiary/aromatic N) is 3. The summed E-state index contributed by atoms with van der Waals surface area (Å²) in [5.41, 5.74) is 1.58. The number of β-lactam (4-membered cyclic amide) rings is 1. The molecule has 1 aromatic carbocycles. The van der Waals surface area contributed by atoms with Crippen LogP contribution in [-0.4, -0.2) is 27.9 Å². The summed E-state index contributed by atoms with van der Waals surface area (Å²) in [5.74, 6) is -0.143. The van der Waals surface area contributed by atoms with E-state index in [1.54, 1.807) is 6.07 Å². The van der Waals surface area contributed by atoms with Crippen LogP contribution in [0, 0.1) is 29.4 Å². The number of anilines is 1. The van der Waals surface area contributed by atoms with Gasteiger partial charge in [0.25, 0.3) is 5.91 Å². The molecule has 7 rings (SSSR count). The van der Waals surface area contributed by atoms with E-state index < -0.39 is 23.0 Å². The maximum atomic E-state index is 14.9. The van der Waals surface area contributed by atoms with Crippen molar-refractivity contribution in [2.24, 2.45) is 17.8 Å². The highest BCUT2D eigenvalue weighted by atomic mass is 19.1. The number of nitrogens with one attached hydrogen (secondary N) is 1. The van der Waals surface area contributed by atoms with Crippen LogP contribution in [0.1, 0.15) is 48.9 Å². The maximum Gasteiger partial charge on any atom is 0.260 e. The molecule has 3 unspecified atom stereocenters. The van der Waals surface area contributed by atoms with Gasteiger partial charge in [-0.15, -0.1) is 0 Å². The normalized spacial score (nSPS) is 24.1. The van der Waals surface area contributed by atoms with Crippen molar-refractivity contribution < 1.29 is 18.4 Å². The first-order valence-electron chi connectivity index (χ1n) is 12.7. The van der Waals surface area contributed by atoms with Gasteiger partial charge in [-0.25, -0.2) is 13.8 Å². The van der Waals surface area contributed by atoms with E-state index in [2.05, 4.69) is 10.3 Å². The molecular formula is C28H24F2N4O3. The number of hydrogen-bond donors (Lipinski definition) is 1. The Morgan fingerprint density at radius 1 is 1.08 bits per heavy atom. The first-order valence-corrected chi connectivity index (χ1v) is 12.7. The minimum atomic E-state index is -0.866. The van der Waals surface area contributed by atoms with Crippen molar-refractivity contribution in [3.63, 3.8) is 0 Å². The lowest BCUT2D eigenvalue weighted by atomic mass is 9.86. The third kappa shape index (κ3) is 3.43. The van der Waals surface area contributed by atoms with E-state index in [0.717, 1.165) is 37.1 Å². The number of halogens is 2. The van der Waals surface area contributed by atoms with Crippen molar-refractivity contribution in [2.45, 2.75) is 38.5 Å². The molecule has 3 aromatic rings. The lowest BCUT2D eigenvalue weighted by Gasteiger charge is -2.29. The Kier molecular flexibility index (Phi) is 4.86. The zero-order valence-electron chi connectivity index (χ0n) is 20.0. The van der Waals surface area contributed by atoms with Crippen LogP contribution in [0.4, 0.5) is 14.6 Å². The van der Waals surface area contributed by atoms with Crippen molar-refractivity contribution in [1.82, 2.24) is 14.9 Å². The van der Waals surface area contributed by atoms with E-state index in [-0.39, 0.29) is 28.2 Å². The number of pyridine rings is 2. The Bertz CT molecular complexity index is 1610. The Balaban J connectivity index is 1.36. The Hall–Kier alpha value is -3.88. The van der Waals surface area contributed by atoms with Crippen molar-refractivity contribution in [1.29, 1.82) is 0 Å². The van der Waals surface area contributed by atoms with Gasteiger partial charge in [-0.3, -0.25) is 23.9 Å². The van der Waals surface area contributed by atoms with E-state index in [9.17, 15) is 23.2 Å². The predicted octanol–water partition coefficient (Wildman–Crippen LogP) is 4.22. The standard InChI is InChI=1S/C28H24F2N4O3/c29-16-2-5-23(21(30)12-16)34-13-20(26(36)18-4-6-24(32-27(18)34)33-8-7-25(33)35)28(37)31-22-11-14-9-15-1-3-17(22)19(15)10-14/h2,4-6,12-15,19H,1,3,7-11H2,(H,31,37). The first kappa shape index (κ1) is 22.3. The second-order valence-corrected chi connectivity index (χ2v) is 10.6. The minimum absolute atomic E-state index is 0.0589. The molecule has 4 aliphatic rings. The first-order chi connectivity index (χ1) is 17.9. The average Bonchev–Trinajstić information content (AvgIpc) is 3.41. The predicted molar refractivity (Wildman–Crippen MR) is 132 cm³/mol. The molecule has 188 valence electrons. The lowest BCUT2D eigenvalue weighted by Crippen LogP contribution is -2.44. The van der Waals surface area contributed by atoms with Crippen molar-refractivity contribution >= 4 is 28.7 Å². The molecule has 2 bridgehead atoms. The third-order valence-corrected chi connectivity index (χ3v) is 8.55. The molecule has 0 radical (unpaired) electrons. The van der Waals surface area contributed by atoms with Gasteiger partial charge in [-0.05, 0) is 79.7 Å². The molecule has 0 spiro atoms. The van der Waals surface area contributed by atoms with Crippen LogP contribution in [0.5, 0.6) is 0 Å². The fraction of sp³-hybridized carbons (Fsp3) is 0.357. The highest BCUT2D eigenvalue weighted by Crippen LogP contribution is 2.55. The zero-order valence-corrected chi connectivity index (χ0v) is 20.0. The summed E-state index contributed by atoms with van der Waals surface area (Å²) in [6.45, 7) is 0.493. The molecule has 1 N–H and O–H groups in total. The summed E-state index contributed by atoms with van der Waals surface area (Å²) in [6.07, 6.45) is 6.96. The monoisotopic (exact) mass is 502 g/mol. The number of hydrogen-bond acceptors (Lipinski definition) is 4. The second kappa shape index (κ2) is 8.06. The van der Waals surface area contributed by atoms with Gasteiger partial charge in [-0.1, -0.05) is 0 Å². The van der Waals surface area contributed by atoms with Gasteiger partial charge in [0.2, 0.25) is 11.3 Å². The van der Waals surface area contributed by atoms with Gasteiger partial charge < -0.3 is 5.32 Å². The second-order valence-electron chi connectivity index (χ2n) is 10.6. The van der Waals surface area contributed by atoms with Crippen LogP contribution in [0.15, 0.2) is 52.6 Å². The Morgan fingerprint density at radius 2 is 1.95 bits per heavy atom. The van der Waals surface area contributed by atoms with Gasteiger partial charge in [0.15, 0.2) is 5.65 Å². The van der Waals surface area contributed by atoms with Crippen LogP contribution >= 0.6 is 0 Å². The summed E-state index contributed by atoms with van der Waals surface area (Å²) < 4.78 is 29.9. The van der Waals surface area contributed by atoms with Crippen LogP contribution in [0.25, 0.3) is 16.7 Å². The van der Waals surface area contributed by atoms with E-state index >= 15 is 0 Å². The largest absolute Gasteiger partial charge is 0.326 e. The summed E-state index contributed by atoms with van der Waals surface area (Å²) in [4.78, 5) is 44.9. The number of benzene rings is 1. The van der Waals surface area contributed by atoms with Crippen LogP contribution < -0.4 is 15.6 Å². The summed E-state index contributed by atoms with van der Waals surface area (Å²) in [5, 5.41) is 3.13. The average molecular weight is 503 g/mol. The van der Waals surface area contributed by atoms with Gasteiger partial charge in [0.05, 0.1) is 11.1 Å². The molecule has 37 heavy (non-hydrogen) atoms. The smallest absolute Gasteiger partial charge is 0.260 e. The summed E-state index contributed by atoms with van der Waals surface area (Å²) >= 11 is 0. The quantitative estimate of drug-likeness (QED) is 0.542. The molecule has 1 aliphatic heterocycles. The van der Waals surface area contributed by atoms with Crippen molar-refractivity contribution in [3.05, 3.63) is 75.2 Å². The molecular weight excluding hydrogens is 478 g/mol. The van der Waals surface area contributed by atoms with Gasteiger partial charge in [0, 0.05) is 30.9 Å². The molecule has 2 amide bonds. The van der Waals surface area contributed by atoms with Crippen LogP contribution in [-0.2, 0) is 4.79 Å². The van der Waals surface area contributed by atoms with E-state index in [1.165, 1.54) is 46.2 Å². The van der Waals surface area contributed by atoms with Crippen LogP contribution in [0.3, 0.4) is 0 Å². The van der Waals surface area contributed by atoms with E-state index in [4.69, 9.17) is 0 Å². The van der Waals surface area contributed by atoms with Gasteiger partial charge in [-0.2, -0.15) is 0 Å². The lowest BCUT2D eigenvalue weighted by molar-refractivity contribution is -0.122.